The molecule has 0 aromatic carbocycles. The Bertz CT molecular complexity index is 875. The zero-order valence-electron chi connectivity index (χ0n) is 18.2. The van der Waals surface area contributed by atoms with E-state index in [4.69, 9.17) is 0 Å². The molecule has 1 aliphatic carbocycles. The van der Waals surface area contributed by atoms with Crippen LogP contribution in [0.1, 0.15) is 61.2 Å². The Morgan fingerprint density at radius 1 is 1.37 bits per heavy atom. The Morgan fingerprint density at radius 2 is 2.17 bits per heavy atom. The molecule has 1 unspecified atom stereocenters. The number of nitrogens with one attached hydrogen (secondary N) is 2. The Hall–Kier alpha value is -1.71. The predicted octanol–water partition coefficient (Wildman–Crippen LogP) is 5.00. The quantitative estimate of drug-likeness (QED) is 0.584. The fraction of sp³-hybridized carbons (Fsp3) is 0.619. The molecule has 2 fully saturated rings. The number of nitrogens with zero attached hydrogens (tertiary/aromatic N) is 4. The molecule has 7 nitrogen and oxygen atoms in total. The van der Waals surface area contributed by atoms with Crippen molar-refractivity contribution in [2.45, 2.75) is 64.5 Å². The summed E-state index contributed by atoms with van der Waals surface area (Å²) in [7, 11) is 2.16. The number of likely N-dealkylation sites (tertiary alicyclic amines) is 1. The average molecular weight is 449 g/mol. The van der Waals surface area contributed by atoms with Crippen molar-refractivity contribution in [1.82, 2.24) is 19.4 Å². The molecule has 2 aromatic rings. The predicted molar refractivity (Wildman–Crippen MR) is 126 cm³/mol. The van der Waals surface area contributed by atoms with Gasteiger partial charge in [0.2, 0.25) is 0 Å². The Morgan fingerprint density at radius 3 is 2.87 bits per heavy atom. The van der Waals surface area contributed by atoms with Crippen LogP contribution in [0.4, 0.5) is 16.2 Å². The molecule has 2 N–H and O–H groups in total. The molecule has 2 amide bonds. The smallest absolute Gasteiger partial charge is 0.306 e. The number of amides is 2. The molecule has 30 heavy (non-hydrogen) atoms. The van der Waals surface area contributed by atoms with Crippen molar-refractivity contribution < 1.29 is 4.79 Å². The van der Waals surface area contributed by atoms with Crippen LogP contribution in [0.2, 0.25) is 0 Å². The number of anilines is 2. The SMILES string of the molecule is Cc1cc(NC(=O)NSN(c2cnn(C3CC3)c2)C2CCCN(C)C2)c(C(C)C)s1. The number of rotatable bonds is 7. The Balaban J connectivity index is 1.44. The van der Waals surface area contributed by atoms with Gasteiger partial charge in [-0.15, -0.1) is 11.3 Å². The molecule has 0 radical (unpaired) electrons. The molecule has 0 bridgehead atoms. The highest BCUT2D eigenvalue weighted by Crippen LogP contribution is 2.37. The molecule has 9 heteroatoms. The summed E-state index contributed by atoms with van der Waals surface area (Å²) >= 11 is 3.12. The lowest BCUT2D eigenvalue weighted by Crippen LogP contribution is -2.45. The third-order valence-electron chi connectivity index (χ3n) is 5.59. The summed E-state index contributed by atoms with van der Waals surface area (Å²) in [6.45, 7) is 8.49. The first-order valence-corrected chi connectivity index (χ1v) is 12.4. The number of hydrogen-bond donors (Lipinski definition) is 2. The van der Waals surface area contributed by atoms with E-state index in [1.165, 1.54) is 34.7 Å². The number of piperidine rings is 1. The highest BCUT2D eigenvalue weighted by molar-refractivity contribution is 7.99. The van der Waals surface area contributed by atoms with Crippen LogP contribution in [0.5, 0.6) is 0 Å². The minimum atomic E-state index is -0.191. The molecule has 0 spiro atoms. The number of carbonyl (C=O) groups excluding carboxylic acids is 1. The van der Waals surface area contributed by atoms with Gasteiger partial charge in [-0.2, -0.15) is 5.10 Å². The maximum atomic E-state index is 12.7. The second-order valence-corrected chi connectivity index (χ2v) is 10.8. The fourth-order valence-electron chi connectivity index (χ4n) is 3.95. The van der Waals surface area contributed by atoms with E-state index in [1.807, 2.05) is 6.20 Å². The van der Waals surface area contributed by atoms with Gasteiger partial charge in [0.15, 0.2) is 0 Å². The molecule has 3 heterocycles. The van der Waals surface area contributed by atoms with Crippen molar-refractivity contribution in [3.8, 4) is 0 Å². The third-order valence-corrected chi connectivity index (χ3v) is 7.92. The normalized spacial score (nSPS) is 19.8. The second-order valence-electron chi connectivity index (χ2n) is 8.73. The van der Waals surface area contributed by atoms with Gasteiger partial charge >= 0.3 is 6.03 Å². The summed E-state index contributed by atoms with van der Waals surface area (Å²) in [6, 6.07) is 2.74. The van der Waals surface area contributed by atoms with Crippen LogP contribution in [-0.2, 0) is 0 Å². The topological polar surface area (TPSA) is 65.4 Å². The number of urea groups is 1. The van der Waals surface area contributed by atoms with E-state index in [0.29, 0.717) is 18.0 Å². The number of likely N-dealkylation sites (N-methyl/N-ethyl adjacent to an activating group) is 1. The molecular formula is C21H32N6OS2. The van der Waals surface area contributed by atoms with Gasteiger partial charge < -0.3 is 10.2 Å². The molecule has 1 saturated heterocycles. The van der Waals surface area contributed by atoms with Crippen molar-refractivity contribution >= 4 is 40.9 Å². The van der Waals surface area contributed by atoms with Crippen molar-refractivity contribution in [2.24, 2.45) is 0 Å². The van der Waals surface area contributed by atoms with Crippen molar-refractivity contribution in [3.05, 3.63) is 28.2 Å². The van der Waals surface area contributed by atoms with E-state index in [2.05, 4.69) is 69.1 Å². The molecule has 2 aromatic heterocycles. The molecular weight excluding hydrogens is 416 g/mol. The highest BCUT2D eigenvalue weighted by atomic mass is 32.2. The van der Waals surface area contributed by atoms with E-state index in [-0.39, 0.29) is 6.03 Å². The molecule has 1 atom stereocenters. The number of thiophene rings is 1. The van der Waals surface area contributed by atoms with E-state index < -0.39 is 0 Å². The van der Waals surface area contributed by atoms with Gasteiger partial charge in [-0.1, -0.05) is 13.8 Å². The van der Waals surface area contributed by atoms with Crippen molar-refractivity contribution in [3.63, 3.8) is 0 Å². The van der Waals surface area contributed by atoms with Gasteiger partial charge in [0.05, 0.1) is 41.8 Å². The summed E-state index contributed by atoms with van der Waals surface area (Å²) in [6.07, 6.45) is 8.73. The van der Waals surface area contributed by atoms with Gasteiger partial charge in [0, 0.05) is 22.5 Å². The standard InChI is InChI=1S/C21H32N6OS2/c1-14(2)20-19(10-15(3)29-20)23-21(28)24-30-27(17-6-5-9-25(4)12-17)18-11-22-26(13-18)16-7-8-16/h10-11,13-14,16-17H,5-9,12H2,1-4H3,(H2,23,24,28). The first-order valence-electron chi connectivity index (χ1n) is 10.8. The molecule has 2 aliphatic rings. The molecule has 4 rings (SSSR count). The monoisotopic (exact) mass is 448 g/mol. The van der Waals surface area contributed by atoms with Gasteiger partial charge in [-0.05, 0) is 58.2 Å². The maximum Gasteiger partial charge on any atom is 0.330 e. The van der Waals surface area contributed by atoms with Crippen LogP contribution < -0.4 is 14.3 Å². The van der Waals surface area contributed by atoms with Crippen LogP contribution in [0.3, 0.4) is 0 Å². The minimum absolute atomic E-state index is 0.191. The first kappa shape index (κ1) is 21.5. The number of hydrogen-bond acceptors (Lipinski definition) is 6. The largest absolute Gasteiger partial charge is 0.330 e. The summed E-state index contributed by atoms with van der Waals surface area (Å²) < 4.78 is 7.31. The second kappa shape index (κ2) is 9.20. The zero-order valence-corrected chi connectivity index (χ0v) is 19.9. The van der Waals surface area contributed by atoms with Gasteiger partial charge in [0.1, 0.15) is 0 Å². The van der Waals surface area contributed by atoms with Crippen LogP contribution in [0, 0.1) is 6.92 Å². The summed E-state index contributed by atoms with van der Waals surface area (Å²) in [5.41, 5.74) is 1.97. The van der Waals surface area contributed by atoms with Gasteiger partial charge in [0.25, 0.3) is 0 Å². The zero-order chi connectivity index (χ0) is 21.3. The fourth-order valence-corrected chi connectivity index (χ4v) is 5.68. The van der Waals surface area contributed by atoms with Crippen LogP contribution in [0.25, 0.3) is 0 Å². The lowest BCUT2D eigenvalue weighted by Gasteiger charge is -2.37. The average Bonchev–Trinajstić information content (AvgIpc) is 3.32. The van der Waals surface area contributed by atoms with Crippen molar-refractivity contribution in [2.75, 3.05) is 29.8 Å². The van der Waals surface area contributed by atoms with Crippen LogP contribution >= 0.6 is 23.5 Å². The Labute approximate surface area is 187 Å². The van der Waals surface area contributed by atoms with E-state index in [9.17, 15) is 4.79 Å². The maximum absolute atomic E-state index is 12.7. The van der Waals surface area contributed by atoms with E-state index in [1.54, 1.807) is 11.3 Å². The molecule has 1 saturated carbocycles. The van der Waals surface area contributed by atoms with Gasteiger partial charge in [-0.25, -0.2) is 4.79 Å². The molecule has 1 aliphatic heterocycles. The van der Waals surface area contributed by atoms with Crippen LogP contribution in [0.15, 0.2) is 18.5 Å². The number of aryl methyl sites for hydroxylation is 1. The summed E-state index contributed by atoms with van der Waals surface area (Å²) in [5.74, 6) is 0.384. The lowest BCUT2D eigenvalue weighted by molar-refractivity contribution is 0.253. The van der Waals surface area contributed by atoms with Gasteiger partial charge in [-0.3, -0.25) is 13.7 Å². The van der Waals surface area contributed by atoms with E-state index in [0.717, 1.165) is 37.3 Å². The number of aromatic nitrogens is 2. The summed E-state index contributed by atoms with van der Waals surface area (Å²) in [5, 5.41) is 7.61. The first-order chi connectivity index (χ1) is 14.4. The minimum Gasteiger partial charge on any atom is -0.306 e. The van der Waals surface area contributed by atoms with Crippen molar-refractivity contribution in [1.29, 1.82) is 0 Å². The lowest BCUT2D eigenvalue weighted by atomic mass is 10.1. The van der Waals surface area contributed by atoms with E-state index >= 15 is 0 Å². The van der Waals surface area contributed by atoms with Crippen LogP contribution in [-0.4, -0.2) is 46.9 Å². The Kier molecular flexibility index (Phi) is 6.60. The number of carbonyl (C=O) groups is 1. The molecule has 164 valence electrons. The highest BCUT2D eigenvalue weighted by Gasteiger charge is 2.29. The third kappa shape index (κ3) is 5.12. The summed E-state index contributed by atoms with van der Waals surface area (Å²) in [4.78, 5) is 17.5.